The Balaban J connectivity index is 0.00000289. The SMILES string of the molecule is CC(CN)C(=O)NCCOC1CCCCCC1.Cl. The Morgan fingerprint density at radius 3 is 2.50 bits per heavy atom. The molecule has 1 rings (SSSR count). The largest absolute Gasteiger partial charge is 0.376 e. The molecule has 1 aliphatic rings. The first-order valence-electron chi connectivity index (χ1n) is 6.83. The van der Waals surface area contributed by atoms with Crippen LogP contribution in [0.25, 0.3) is 0 Å². The molecule has 5 heteroatoms. The lowest BCUT2D eigenvalue weighted by Gasteiger charge is -2.16. The zero-order chi connectivity index (χ0) is 12.5. The van der Waals surface area contributed by atoms with Gasteiger partial charge >= 0.3 is 0 Å². The molecule has 0 spiro atoms. The lowest BCUT2D eigenvalue weighted by molar-refractivity contribution is -0.124. The summed E-state index contributed by atoms with van der Waals surface area (Å²) in [6.45, 7) is 3.45. The summed E-state index contributed by atoms with van der Waals surface area (Å²) in [7, 11) is 0. The van der Waals surface area contributed by atoms with Gasteiger partial charge in [-0.25, -0.2) is 0 Å². The van der Waals surface area contributed by atoms with Crippen LogP contribution >= 0.6 is 12.4 Å². The van der Waals surface area contributed by atoms with Crippen LogP contribution in [0.5, 0.6) is 0 Å². The van der Waals surface area contributed by atoms with E-state index in [1.165, 1.54) is 38.5 Å². The molecule has 0 radical (unpaired) electrons. The second-order valence-corrected chi connectivity index (χ2v) is 4.91. The molecule has 0 bridgehead atoms. The van der Waals surface area contributed by atoms with Crippen LogP contribution in [0.1, 0.15) is 45.4 Å². The van der Waals surface area contributed by atoms with Crippen LogP contribution in [-0.2, 0) is 9.53 Å². The number of ether oxygens (including phenoxy) is 1. The number of amides is 1. The Morgan fingerprint density at radius 2 is 1.94 bits per heavy atom. The van der Waals surface area contributed by atoms with Crippen molar-refractivity contribution in [3.63, 3.8) is 0 Å². The molecule has 3 N–H and O–H groups in total. The van der Waals surface area contributed by atoms with Crippen molar-refractivity contribution >= 4 is 18.3 Å². The summed E-state index contributed by atoms with van der Waals surface area (Å²) >= 11 is 0. The maximum atomic E-state index is 11.4. The van der Waals surface area contributed by atoms with E-state index >= 15 is 0 Å². The van der Waals surface area contributed by atoms with Crippen LogP contribution in [0.3, 0.4) is 0 Å². The predicted molar refractivity (Wildman–Crippen MR) is 75.9 cm³/mol. The fraction of sp³-hybridized carbons (Fsp3) is 0.923. The summed E-state index contributed by atoms with van der Waals surface area (Å²) in [6, 6.07) is 0. The van der Waals surface area contributed by atoms with Crippen molar-refractivity contribution in [3.05, 3.63) is 0 Å². The average molecular weight is 279 g/mol. The monoisotopic (exact) mass is 278 g/mol. The maximum absolute atomic E-state index is 11.4. The summed E-state index contributed by atoms with van der Waals surface area (Å²) in [4.78, 5) is 11.4. The molecule has 1 fully saturated rings. The van der Waals surface area contributed by atoms with E-state index in [0.717, 1.165) is 0 Å². The summed E-state index contributed by atoms with van der Waals surface area (Å²) in [6.07, 6.45) is 7.99. The Bertz CT molecular complexity index is 219. The highest BCUT2D eigenvalue weighted by atomic mass is 35.5. The van der Waals surface area contributed by atoms with Crippen LogP contribution in [-0.4, -0.2) is 31.7 Å². The van der Waals surface area contributed by atoms with Gasteiger partial charge in [0.2, 0.25) is 5.91 Å². The molecule has 0 heterocycles. The van der Waals surface area contributed by atoms with Gasteiger partial charge in [-0.3, -0.25) is 4.79 Å². The highest BCUT2D eigenvalue weighted by Gasteiger charge is 2.13. The predicted octanol–water partition coefficient (Wildman–Crippen LogP) is 1.86. The van der Waals surface area contributed by atoms with Crippen molar-refractivity contribution in [1.29, 1.82) is 0 Å². The molecule has 1 atom stereocenters. The van der Waals surface area contributed by atoms with E-state index in [1.54, 1.807) is 0 Å². The number of hydrogen-bond acceptors (Lipinski definition) is 3. The molecule has 0 saturated heterocycles. The maximum Gasteiger partial charge on any atom is 0.224 e. The Labute approximate surface area is 116 Å². The van der Waals surface area contributed by atoms with Gasteiger partial charge in [0.25, 0.3) is 0 Å². The van der Waals surface area contributed by atoms with Crippen LogP contribution in [0, 0.1) is 5.92 Å². The van der Waals surface area contributed by atoms with Crippen molar-refractivity contribution in [2.45, 2.75) is 51.6 Å². The van der Waals surface area contributed by atoms with Crippen LogP contribution in [0.2, 0.25) is 0 Å². The number of rotatable bonds is 6. The first kappa shape index (κ1) is 17.7. The van der Waals surface area contributed by atoms with Crippen molar-refractivity contribution < 1.29 is 9.53 Å². The van der Waals surface area contributed by atoms with Crippen molar-refractivity contribution in [2.75, 3.05) is 19.7 Å². The van der Waals surface area contributed by atoms with Gasteiger partial charge in [0.05, 0.1) is 12.7 Å². The van der Waals surface area contributed by atoms with Gasteiger partial charge in [-0.1, -0.05) is 32.6 Å². The third-order valence-electron chi connectivity index (χ3n) is 3.36. The van der Waals surface area contributed by atoms with E-state index in [9.17, 15) is 4.79 Å². The molecule has 1 aliphatic carbocycles. The van der Waals surface area contributed by atoms with Crippen LogP contribution in [0.15, 0.2) is 0 Å². The number of nitrogens with two attached hydrogens (primary N) is 1. The van der Waals surface area contributed by atoms with Gasteiger partial charge in [0, 0.05) is 19.0 Å². The van der Waals surface area contributed by atoms with E-state index in [0.29, 0.717) is 25.8 Å². The number of nitrogens with one attached hydrogen (secondary N) is 1. The number of carbonyl (C=O) groups is 1. The first-order chi connectivity index (χ1) is 8.24. The molecule has 18 heavy (non-hydrogen) atoms. The summed E-state index contributed by atoms with van der Waals surface area (Å²) in [5.41, 5.74) is 5.42. The molecule has 0 aromatic rings. The summed E-state index contributed by atoms with van der Waals surface area (Å²) in [5, 5.41) is 2.84. The summed E-state index contributed by atoms with van der Waals surface area (Å²) < 4.78 is 5.78. The van der Waals surface area contributed by atoms with Crippen molar-refractivity contribution in [3.8, 4) is 0 Å². The minimum Gasteiger partial charge on any atom is -0.376 e. The number of halogens is 1. The van der Waals surface area contributed by atoms with Crippen molar-refractivity contribution in [2.24, 2.45) is 11.7 Å². The van der Waals surface area contributed by atoms with Crippen LogP contribution in [0.4, 0.5) is 0 Å². The minimum atomic E-state index is -0.104. The van der Waals surface area contributed by atoms with Gasteiger partial charge in [-0.2, -0.15) is 0 Å². The molecule has 1 saturated carbocycles. The van der Waals surface area contributed by atoms with E-state index in [4.69, 9.17) is 10.5 Å². The average Bonchev–Trinajstić information content (AvgIpc) is 2.61. The Kier molecular flexibility index (Phi) is 10.4. The normalized spacial score (nSPS) is 18.6. The first-order valence-corrected chi connectivity index (χ1v) is 6.83. The Morgan fingerprint density at radius 1 is 1.33 bits per heavy atom. The summed E-state index contributed by atoms with van der Waals surface area (Å²) in [5.74, 6) is -0.0788. The van der Waals surface area contributed by atoms with E-state index in [1.807, 2.05) is 6.92 Å². The van der Waals surface area contributed by atoms with Crippen molar-refractivity contribution in [1.82, 2.24) is 5.32 Å². The lowest BCUT2D eigenvalue weighted by Crippen LogP contribution is -2.35. The van der Waals surface area contributed by atoms with E-state index in [2.05, 4.69) is 5.32 Å². The lowest BCUT2D eigenvalue weighted by atomic mass is 10.1. The smallest absolute Gasteiger partial charge is 0.224 e. The van der Waals surface area contributed by atoms with Gasteiger partial charge in [0.15, 0.2) is 0 Å². The molecular weight excluding hydrogens is 252 g/mol. The molecule has 108 valence electrons. The highest BCUT2D eigenvalue weighted by molar-refractivity contribution is 5.85. The zero-order valence-electron chi connectivity index (χ0n) is 11.3. The molecule has 1 amide bonds. The number of carbonyl (C=O) groups excluding carboxylic acids is 1. The Hall–Kier alpha value is -0.320. The fourth-order valence-electron chi connectivity index (χ4n) is 2.09. The minimum absolute atomic E-state index is 0. The van der Waals surface area contributed by atoms with Crippen LogP contribution < -0.4 is 11.1 Å². The third-order valence-corrected chi connectivity index (χ3v) is 3.36. The van der Waals surface area contributed by atoms with E-state index < -0.39 is 0 Å². The molecule has 1 unspecified atom stereocenters. The van der Waals surface area contributed by atoms with Gasteiger partial charge < -0.3 is 15.8 Å². The molecule has 0 aromatic heterocycles. The molecule has 0 aromatic carbocycles. The molecule has 0 aliphatic heterocycles. The van der Waals surface area contributed by atoms with Gasteiger partial charge in [0.1, 0.15) is 0 Å². The molecule has 4 nitrogen and oxygen atoms in total. The second-order valence-electron chi connectivity index (χ2n) is 4.91. The fourth-order valence-corrected chi connectivity index (χ4v) is 2.09. The third kappa shape index (κ3) is 7.19. The second kappa shape index (κ2) is 10.6. The highest BCUT2D eigenvalue weighted by Crippen LogP contribution is 2.19. The van der Waals surface area contributed by atoms with E-state index in [-0.39, 0.29) is 24.2 Å². The van der Waals surface area contributed by atoms with Gasteiger partial charge in [-0.15, -0.1) is 12.4 Å². The van der Waals surface area contributed by atoms with Gasteiger partial charge in [-0.05, 0) is 12.8 Å². The zero-order valence-corrected chi connectivity index (χ0v) is 12.1. The number of hydrogen-bond donors (Lipinski definition) is 2. The topological polar surface area (TPSA) is 64.4 Å². The standard InChI is InChI=1S/C13H26N2O2.ClH/c1-11(10-14)13(16)15-8-9-17-12-6-4-2-3-5-7-12;/h11-12H,2-10,14H2,1H3,(H,15,16);1H. The quantitative estimate of drug-likeness (QED) is 0.576. The molecular formula is C13H27ClN2O2.